The first-order chi connectivity index (χ1) is 25.7. The number of rotatable bonds is 2. The Bertz CT molecular complexity index is 3100. The number of nitrogens with zero attached hydrogens (tertiary/aromatic N) is 2. The normalized spacial score (nSPS) is 14.9. The molecule has 1 unspecified atom stereocenters. The standard InChI is InChI=1S/C47H30N2.C3H6/c1-2-11-28(12-3-1)30-15-8-16-31-32-17-10-22-43(40(32)26-38(30)31)48-41-20-6-5-14-34(41)39-25-29-23-24-44-46(37(29)27-45(39)48)36-19-9-18-35-33-13-4-7-21-42(33)49(44)47(35)36;1-3-2/h1-23,25,27,44H,24,26H2;3H,1H2,2H3. The molecule has 2 heteroatoms. The summed E-state index contributed by atoms with van der Waals surface area (Å²) in [5, 5.41) is 8.08. The van der Waals surface area contributed by atoms with Gasteiger partial charge in [-0.25, -0.2) is 0 Å². The molecule has 12 rings (SSSR count). The second kappa shape index (κ2) is 11.1. The van der Waals surface area contributed by atoms with E-state index in [9.17, 15) is 0 Å². The number of hydrogen-bond acceptors (Lipinski definition) is 0. The van der Waals surface area contributed by atoms with Crippen molar-refractivity contribution in [1.82, 2.24) is 9.13 Å². The predicted molar refractivity (Wildman–Crippen MR) is 220 cm³/mol. The van der Waals surface area contributed by atoms with Crippen molar-refractivity contribution in [2.24, 2.45) is 0 Å². The summed E-state index contributed by atoms with van der Waals surface area (Å²) in [5.74, 6) is 0. The van der Waals surface area contributed by atoms with Crippen molar-refractivity contribution in [3.05, 3.63) is 185 Å². The summed E-state index contributed by atoms with van der Waals surface area (Å²) in [6, 6.07) is 54.7. The largest absolute Gasteiger partial charge is 0.332 e. The van der Waals surface area contributed by atoms with Crippen molar-refractivity contribution in [2.75, 3.05) is 0 Å². The van der Waals surface area contributed by atoms with Gasteiger partial charge in [-0.2, -0.15) is 0 Å². The zero-order valence-electron chi connectivity index (χ0n) is 29.1. The monoisotopic (exact) mass is 664 g/mol. The van der Waals surface area contributed by atoms with E-state index in [0.29, 0.717) is 6.04 Å². The molecular weight excluding hydrogens is 629 g/mol. The highest BCUT2D eigenvalue weighted by molar-refractivity contribution is 6.15. The minimum atomic E-state index is 0.300. The lowest BCUT2D eigenvalue weighted by Crippen LogP contribution is -2.32. The highest BCUT2D eigenvalue weighted by Crippen LogP contribution is 2.48. The summed E-state index contributed by atoms with van der Waals surface area (Å²) in [6.07, 6.45) is 6.16. The number of aromatic nitrogens is 2. The van der Waals surface area contributed by atoms with E-state index in [4.69, 9.17) is 0 Å². The lowest BCUT2D eigenvalue weighted by Gasteiger charge is -2.20. The van der Waals surface area contributed by atoms with Crippen molar-refractivity contribution < 1.29 is 0 Å². The van der Waals surface area contributed by atoms with Gasteiger partial charge in [0.05, 0.1) is 28.3 Å². The van der Waals surface area contributed by atoms with Crippen LogP contribution < -0.4 is 10.4 Å². The summed E-state index contributed by atoms with van der Waals surface area (Å²) in [5.41, 5.74) is 17.6. The average Bonchev–Trinajstić information content (AvgIpc) is 3.93. The van der Waals surface area contributed by atoms with Gasteiger partial charge in [-0.1, -0.05) is 127 Å². The molecule has 0 amide bonds. The van der Waals surface area contributed by atoms with Crippen LogP contribution in [-0.2, 0) is 6.42 Å². The maximum Gasteiger partial charge on any atom is 0.0639 e. The zero-order chi connectivity index (χ0) is 34.5. The summed E-state index contributed by atoms with van der Waals surface area (Å²) in [6.45, 7) is 5.25. The molecule has 246 valence electrons. The fourth-order valence-corrected chi connectivity index (χ4v) is 9.70. The van der Waals surface area contributed by atoms with Crippen LogP contribution in [0.3, 0.4) is 0 Å². The van der Waals surface area contributed by atoms with Crippen LogP contribution in [0.5, 0.6) is 0 Å². The van der Waals surface area contributed by atoms with Crippen LogP contribution in [0.25, 0.3) is 83.2 Å². The lowest BCUT2D eigenvalue weighted by molar-refractivity contribution is 0.696. The van der Waals surface area contributed by atoms with E-state index in [0.717, 1.165) is 12.8 Å². The second-order valence-corrected chi connectivity index (χ2v) is 14.4. The van der Waals surface area contributed by atoms with Crippen LogP contribution in [0.4, 0.5) is 0 Å². The van der Waals surface area contributed by atoms with Crippen LogP contribution in [-0.4, -0.2) is 9.13 Å². The molecule has 0 saturated heterocycles. The highest BCUT2D eigenvalue weighted by atomic mass is 15.0. The third-order valence-electron chi connectivity index (χ3n) is 11.7. The molecule has 7 aromatic carbocycles. The Labute approximate surface area is 302 Å². The van der Waals surface area contributed by atoms with Crippen molar-refractivity contribution in [2.45, 2.75) is 25.8 Å². The summed E-state index contributed by atoms with van der Waals surface area (Å²) in [4.78, 5) is 0. The van der Waals surface area contributed by atoms with Crippen molar-refractivity contribution in [1.29, 1.82) is 0 Å². The van der Waals surface area contributed by atoms with Gasteiger partial charge in [0.1, 0.15) is 0 Å². The maximum atomic E-state index is 3.36. The Balaban J connectivity index is 0.00000104. The molecule has 2 nitrogen and oxygen atoms in total. The molecule has 2 aromatic heterocycles. The molecule has 0 radical (unpaired) electrons. The van der Waals surface area contributed by atoms with Crippen molar-refractivity contribution in [3.63, 3.8) is 0 Å². The zero-order valence-corrected chi connectivity index (χ0v) is 29.1. The molecule has 1 aliphatic heterocycles. The molecule has 2 aliphatic carbocycles. The van der Waals surface area contributed by atoms with Crippen molar-refractivity contribution in [3.8, 4) is 27.9 Å². The van der Waals surface area contributed by atoms with Gasteiger partial charge >= 0.3 is 0 Å². The van der Waals surface area contributed by atoms with E-state index in [-0.39, 0.29) is 0 Å². The minimum absolute atomic E-state index is 0.300. The van der Waals surface area contributed by atoms with Crippen LogP contribution >= 0.6 is 0 Å². The molecule has 1 atom stereocenters. The number of hydrogen-bond donors (Lipinski definition) is 0. The Morgan fingerprint density at radius 1 is 0.577 bits per heavy atom. The van der Waals surface area contributed by atoms with Gasteiger partial charge in [-0.3, -0.25) is 0 Å². The predicted octanol–water partition coefficient (Wildman–Crippen LogP) is 11.3. The van der Waals surface area contributed by atoms with Crippen LogP contribution in [0, 0.1) is 0 Å². The van der Waals surface area contributed by atoms with Gasteiger partial charge in [0.15, 0.2) is 0 Å². The molecule has 0 bridgehead atoms. The SMILES string of the molecule is C1=c2cc3c4ccccc4n(-c4cccc5c4Cc4c(-c6ccccc6)cccc4-5)c3cc2=C2c3cccc4c5ccccc5n(c34)C2C1.C=CC. The quantitative estimate of drug-likeness (QED) is 0.163. The second-order valence-electron chi connectivity index (χ2n) is 14.4. The van der Waals surface area contributed by atoms with Crippen LogP contribution in [0.15, 0.2) is 158 Å². The van der Waals surface area contributed by atoms with Gasteiger partial charge in [0.2, 0.25) is 0 Å². The van der Waals surface area contributed by atoms with E-state index in [2.05, 4.69) is 167 Å². The first-order valence-electron chi connectivity index (χ1n) is 18.4. The third-order valence-corrected chi connectivity index (χ3v) is 11.7. The van der Waals surface area contributed by atoms with Gasteiger partial charge in [-0.15, -0.1) is 6.58 Å². The van der Waals surface area contributed by atoms with E-state index < -0.39 is 0 Å². The highest BCUT2D eigenvalue weighted by Gasteiger charge is 2.33. The minimum Gasteiger partial charge on any atom is -0.332 e. The van der Waals surface area contributed by atoms with E-state index in [1.54, 1.807) is 6.08 Å². The van der Waals surface area contributed by atoms with Crippen LogP contribution in [0.1, 0.15) is 36.1 Å². The Morgan fingerprint density at radius 3 is 2.04 bits per heavy atom. The fraction of sp³-hybridized carbons (Fsp3) is 0.0800. The molecule has 0 fully saturated rings. The summed E-state index contributed by atoms with van der Waals surface area (Å²) < 4.78 is 5.19. The van der Waals surface area contributed by atoms with Gasteiger partial charge in [0, 0.05) is 39.0 Å². The summed E-state index contributed by atoms with van der Waals surface area (Å²) >= 11 is 0. The Morgan fingerprint density at radius 2 is 1.21 bits per heavy atom. The molecule has 0 N–H and O–H groups in total. The topological polar surface area (TPSA) is 9.86 Å². The van der Waals surface area contributed by atoms with Gasteiger partial charge in [-0.05, 0) is 93.1 Å². The number of fused-ring (bicyclic) bond motifs is 13. The lowest BCUT2D eigenvalue weighted by atomic mass is 9.90. The van der Waals surface area contributed by atoms with E-state index in [1.165, 1.54) is 104 Å². The van der Waals surface area contributed by atoms with E-state index >= 15 is 0 Å². The van der Waals surface area contributed by atoms with Crippen LogP contribution in [0.2, 0.25) is 0 Å². The smallest absolute Gasteiger partial charge is 0.0639 e. The molecular formula is C50H36N2. The molecule has 0 spiro atoms. The Kier molecular flexibility index (Phi) is 6.24. The molecule has 9 aromatic rings. The first-order valence-corrected chi connectivity index (χ1v) is 18.4. The fourth-order valence-electron chi connectivity index (χ4n) is 9.70. The molecule has 3 heterocycles. The molecule has 0 saturated carbocycles. The van der Waals surface area contributed by atoms with Crippen molar-refractivity contribution >= 4 is 55.3 Å². The first kappa shape index (κ1) is 29.4. The number of allylic oxidation sites excluding steroid dienone is 1. The molecule has 52 heavy (non-hydrogen) atoms. The van der Waals surface area contributed by atoms with Gasteiger partial charge < -0.3 is 9.13 Å². The molecule has 3 aliphatic rings. The van der Waals surface area contributed by atoms with Gasteiger partial charge in [0.25, 0.3) is 0 Å². The number of benzene rings is 7. The Hall–Kier alpha value is -6.38. The summed E-state index contributed by atoms with van der Waals surface area (Å²) in [7, 11) is 0. The van der Waals surface area contributed by atoms with E-state index in [1.807, 2.05) is 6.92 Å². The average molecular weight is 665 g/mol. The number of para-hydroxylation sites is 3. The maximum absolute atomic E-state index is 3.36. The third kappa shape index (κ3) is 3.90.